The number of ether oxygens (including phenoxy) is 2. The normalized spacial score (nSPS) is 16.1. The first-order valence-corrected chi connectivity index (χ1v) is 13.7. The first-order chi connectivity index (χ1) is 17.2. The van der Waals surface area contributed by atoms with Crippen LogP contribution in [0.2, 0.25) is 0 Å². The number of nitrogens with zero attached hydrogens (tertiary/aromatic N) is 3. The minimum absolute atomic E-state index is 0.0260. The van der Waals surface area contributed by atoms with Crippen LogP contribution in [0.15, 0.2) is 52.0 Å². The predicted molar refractivity (Wildman–Crippen MR) is 143 cm³/mol. The van der Waals surface area contributed by atoms with Gasteiger partial charge in [0.15, 0.2) is 0 Å². The van der Waals surface area contributed by atoms with E-state index in [1.165, 1.54) is 12.5 Å². The molecule has 0 saturated carbocycles. The Morgan fingerprint density at radius 1 is 1.25 bits per heavy atom. The molecule has 0 bridgehead atoms. The van der Waals surface area contributed by atoms with Crippen LogP contribution in [0.5, 0.6) is 11.5 Å². The minimum Gasteiger partial charge on any atom is -0.495 e. The van der Waals surface area contributed by atoms with Crippen molar-refractivity contribution in [3.05, 3.63) is 52.6 Å². The summed E-state index contributed by atoms with van der Waals surface area (Å²) in [4.78, 5) is 11.2. The number of para-hydroxylation sites is 1. The van der Waals surface area contributed by atoms with Crippen molar-refractivity contribution < 1.29 is 17.9 Å². The van der Waals surface area contributed by atoms with Crippen molar-refractivity contribution >= 4 is 49.1 Å². The molecule has 12 heteroatoms. The SMILES string of the molecule is COc1ccc(OC[C@@H]2CCCN2C)cc1Nc1ncc(Br)c(Nc2c(C)cccc2S(N)(=O)=O)n1. The highest BCUT2D eigenvalue weighted by Crippen LogP contribution is 2.34. The minimum atomic E-state index is -3.95. The Labute approximate surface area is 219 Å². The molecule has 1 aromatic heterocycles. The van der Waals surface area contributed by atoms with Crippen LogP contribution in [0.1, 0.15) is 18.4 Å². The van der Waals surface area contributed by atoms with Gasteiger partial charge in [-0.1, -0.05) is 12.1 Å². The number of sulfonamides is 1. The highest BCUT2D eigenvalue weighted by atomic mass is 79.9. The fraction of sp³-hybridized carbons (Fsp3) is 0.333. The maximum absolute atomic E-state index is 12.1. The molecule has 0 spiro atoms. The monoisotopic (exact) mass is 576 g/mol. The highest BCUT2D eigenvalue weighted by molar-refractivity contribution is 9.10. The molecule has 1 aliphatic rings. The zero-order valence-corrected chi connectivity index (χ0v) is 22.7. The summed E-state index contributed by atoms with van der Waals surface area (Å²) in [6.07, 6.45) is 3.86. The van der Waals surface area contributed by atoms with Crippen LogP contribution in [0.25, 0.3) is 0 Å². The van der Waals surface area contributed by atoms with Crippen LogP contribution in [0.4, 0.5) is 23.1 Å². The average molecular weight is 578 g/mol. The van der Waals surface area contributed by atoms with Gasteiger partial charge in [-0.2, -0.15) is 4.98 Å². The number of hydrogen-bond acceptors (Lipinski definition) is 9. The third kappa shape index (κ3) is 6.06. The zero-order valence-electron chi connectivity index (χ0n) is 20.3. The molecule has 4 N–H and O–H groups in total. The number of benzene rings is 2. The first-order valence-electron chi connectivity index (χ1n) is 11.4. The lowest BCUT2D eigenvalue weighted by Crippen LogP contribution is -2.30. The standard InChI is InChI=1S/C24H29BrN6O4S/c1-15-6-4-8-21(36(26,32)33)22(15)29-23-18(25)13-27-24(30-23)28-19-12-17(9-10-20(19)34-3)35-14-16-7-5-11-31(16)2/h4,6,8-10,12-13,16H,5,7,11,14H2,1-3H3,(H2,26,32,33)(H2,27,28,29,30)/t16-/m0/s1. The second-order valence-electron chi connectivity index (χ2n) is 8.58. The number of rotatable bonds is 9. The summed E-state index contributed by atoms with van der Waals surface area (Å²) in [5.41, 5.74) is 1.67. The third-order valence-corrected chi connectivity index (χ3v) is 7.59. The largest absolute Gasteiger partial charge is 0.495 e. The number of nitrogens with two attached hydrogens (primary N) is 1. The lowest BCUT2D eigenvalue weighted by molar-refractivity contribution is 0.198. The molecule has 36 heavy (non-hydrogen) atoms. The van der Waals surface area contributed by atoms with Crippen LogP contribution in [-0.2, 0) is 10.0 Å². The number of anilines is 4. The molecule has 4 rings (SSSR count). The molecule has 0 aliphatic carbocycles. The Morgan fingerprint density at radius 2 is 2.06 bits per heavy atom. The summed E-state index contributed by atoms with van der Waals surface area (Å²) in [6.45, 7) is 3.47. The van der Waals surface area contributed by atoms with E-state index in [-0.39, 0.29) is 10.8 Å². The van der Waals surface area contributed by atoms with Gasteiger partial charge in [0.25, 0.3) is 0 Å². The van der Waals surface area contributed by atoms with Crippen molar-refractivity contribution in [3.63, 3.8) is 0 Å². The zero-order chi connectivity index (χ0) is 25.9. The number of nitrogens with one attached hydrogen (secondary N) is 2. The lowest BCUT2D eigenvalue weighted by atomic mass is 10.2. The van der Waals surface area contributed by atoms with Crippen molar-refractivity contribution in [1.82, 2.24) is 14.9 Å². The summed E-state index contributed by atoms with van der Waals surface area (Å²) >= 11 is 3.43. The van der Waals surface area contributed by atoms with Crippen molar-refractivity contribution in [2.75, 3.05) is 37.9 Å². The summed E-state index contributed by atoms with van der Waals surface area (Å²) < 4.78 is 36.3. The van der Waals surface area contributed by atoms with Crippen molar-refractivity contribution in [2.24, 2.45) is 5.14 Å². The molecule has 1 saturated heterocycles. The second kappa shape index (κ2) is 11.0. The van der Waals surface area contributed by atoms with Gasteiger partial charge in [0.2, 0.25) is 16.0 Å². The van der Waals surface area contributed by atoms with Gasteiger partial charge in [0.05, 0.1) is 23.0 Å². The van der Waals surface area contributed by atoms with Crippen molar-refractivity contribution in [2.45, 2.75) is 30.7 Å². The quantitative estimate of drug-likeness (QED) is 0.343. The third-order valence-electron chi connectivity index (χ3n) is 6.06. The molecule has 0 amide bonds. The molecule has 2 heterocycles. The number of primary sulfonamides is 1. The summed E-state index contributed by atoms with van der Waals surface area (Å²) in [6, 6.07) is 10.8. The van der Waals surface area contributed by atoms with E-state index in [4.69, 9.17) is 14.6 Å². The van der Waals surface area contributed by atoms with Gasteiger partial charge in [-0.3, -0.25) is 0 Å². The van der Waals surface area contributed by atoms with E-state index in [0.29, 0.717) is 51.4 Å². The Balaban J connectivity index is 1.58. The van der Waals surface area contributed by atoms with Gasteiger partial charge in [0.1, 0.15) is 28.8 Å². The van der Waals surface area contributed by atoms with Gasteiger partial charge in [-0.15, -0.1) is 0 Å². The summed E-state index contributed by atoms with van der Waals surface area (Å²) in [5, 5.41) is 11.7. The molecule has 10 nitrogen and oxygen atoms in total. The van der Waals surface area contributed by atoms with Gasteiger partial charge in [-0.25, -0.2) is 18.5 Å². The number of aryl methyl sites for hydroxylation is 1. The Kier molecular flexibility index (Phi) is 7.98. The molecule has 1 fully saturated rings. The van der Waals surface area contributed by atoms with Gasteiger partial charge < -0.3 is 25.0 Å². The van der Waals surface area contributed by atoms with E-state index >= 15 is 0 Å². The van der Waals surface area contributed by atoms with E-state index < -0.39 is 10.0 Å². The molecule has 1 atom stereocenters. The van der Waals surface area contributed by atoms with E-state index in [0.717, 1.165) is 13.0 Å². The van der Waals surface area contributed by atoms with E-state index in [1.807, 2.05) is 18.2 Å². The smallest absolute Gasteiger partial charge is 0.240 e. The Hall–Kier alpha value is -2.93. The number of halogens is 1. The fourth-order valence-corrected chi connectivity index (χ4v) is 5.10. The van der Waals surface area contributed by atoms with Crippen molar-refractivity contribution in [1.29, 1.82) is 0 Å². The van der Waals surface area contributed by atoms with Gasteiger partial charge in [-0.05, 0) is 73.1 Å². The molecule has 2 aromatic carbocycles. The van der Waals surface area contributed by atoms with Crippen LogP contribution < -0.4 is 25.2 Å². The van der Waals surface area contributed by atoms with Crippen LogP contribution in [0.3, 0.4) is 0 Å². The molecular formula is C24H29BrN6O4S. The molecule has 3 aromatic rings. The maximum Gasteiger partial charge on any atom is 0.240 e. The van der Waals surface area contributed by atoms with Crippen LogP contribution >= 0.6 is 15.9 Å². The number of hydrogen-bond donors (Lipinski definition) is 3. The maximum atomic E-state index is 12.1. The number of likely N-dealkylation sites (tertiary alicyclic amines) is 1. The van der Waals surface area contributed by atoms with Crippen LogP contribution in [-0.4, -0.2) is 56.6 Å². The molecule has 0 radical (unpaired) electrons. The average Bonchev–Trinajstić information content (AvgIpc) is 3.25. The summed E-state index contributed by atoms with van der Waals surface area (Å²) in [7, 11) is -0.254. The molecular weight excluding hydrogens is 548 g/mol. The second-order valence-corrected chi connectivity index (χ2v) is 11.0. The topological polar surface area (TPSA) is 132 Å². The van der Waals surface area contributed by atoms with Crippen LogP contribution in [0, 0.1) is 6.92 Å². The highest BCUT2D eigenvalue weighted by Gasteiger charge is 2.22. The fourth-order valence-electron chi connectivity index (χ4n) is 4.05. The van der Waals surface area contributed by atoms with Gasteiger partial charge >= 0.3 is 0 Å². The van der Waals surface area contributed by atoms with Gasteiger partial charge in [0, 0.05) is 18.3 Å². The first kappa shape index (κ1) is 26.1. The van der Waals surface area contributed by atoms with Crippen molar-refractivity contribution in [3.8, 4) is 11.5 Å². The molecule has 1 aliphatic heterocycles. The van der Waals surface area contributed by atoms with E-state index in [9.17, 15) is 8.42 Å². The predicted octanol–water partition coefficient (Wildman–Crippen LogP) is 4.16. The van der Waals surface area contributed by atoms with E-state index in [1.54, 1.807) is 32.4 Å². The molecule has 192 valence electrons. The number of methoxy groups -OCH3 is 1. The number of likely N-dealkylation sites (N-methyl/N-ethyl adjacent to an activating group) is 1. The Bertz CT molecular complexity index is 1350. The van der Waals surface area contributed by atoms with E-state index in [2.05, 4.69) is 48.5 Å². The molecule has 0 unspecified atom stereocenters. The lowest BCUT2D eigenvalue weighted by Gasteiger charge is -2.20. The summed E-state index contributed by atoms with van der Waals surface area (Å²) in [5.74, 6) is 1.93. The number of aromatic nitrogens is 2. The Morgan fingerprint density at radius 3 is 2.75 bits per heavy atom.